The molecule has 0 N–H and O–H groups in total. The van der Waals surface area contributed by atoms with E-state index >= 15 is 0 Å². The molecule has 2 heterocycles. The predicted octanol–water partition coefficient (Wildman–Crippen LogP) is 3.09. The average Bonchev–Trinajstić information content (AvgIpc) is 3.08. The van der Waals surface area contributed by atoms with Gasteiger partial charge in [-0.15, -0.1) is 0 Å². The lowest BCUT2D eigenvalue weighted by atomic mass is 10.2. The molecule has 1 amide bonds. The van der Waals surface area contributed by atoms with Gasteiger partial charge >= 0.3 is 5.97 Å². The van der Waals surface area contributed by atoms with Crippen molar-refractivity contribution >= 4 is 11.9 Å². The summed E-state index contributed by atoms with van der Waals surface area (Å²) in [5, 5.41) is 4.37. The Hall–Kier alpha value is -3.48. The molecule has 0 saturated carbocycles. The summed E-state index contributed by atoms with van der Waals surface area (Å²) >= 11 is 0. The number of benzene rings is 1. The summed E-state index contributed by atoms with van der Waals surface area (Å²) in [4.78, 5) is 30.6. The van der Waals surface area contributed by atoms with E-state index < -0.39 is 5.97 Å². The van der Waals surface area contributed by atoms with E-state index in [0.717, 1.165) is 17.0 Å². The number of amides is 1. The maximum absolute atomic E-state index is 12.4. The van der Waals surface area contributed by atoms with Crippen molar-refractivity contribution in [3.05, 3.63) is 77.2 Å². The third-order valence-electron chi connectivity index (χ3n) is 4.49. The summed E-state index contributed by atoms with van der Waals surface area (Å²) in [7, 11) is 0. The molecule has 3 aromatic rings. The normalized spacial score (nSPS) is 10.6. The zero-order chi connectivity index (χ0) is 20.8. The van der Waals surface area contributed by atoms with Crippen LogP contribution in [0.5, 0.6) is 0 Å². The van der Waals surface area contributed by atoms with E-state index in [1.165, 1.54) is 6.20 Å². The van der Waals surface area contributed by atoms with Gasteiger partial charge in [0.15, 0.2) is 12.4 Å². The number of likely N-dealkylation sites (N-methyl/N-ethyl adjacent to an activating group) is 1. The van der Waals surface area contributed by atoms with E-state index in [1.54, 1.807) is 21.7 Å². The Morgan fingerprint density at radius 1 is 1.10 bits per heavy atom. The van der Waals surface area contributed by atoms with Gasteiger partial charge in [-0.25, -0.2) is 14.5 Å². The molecule has 0 aliphatic carbocycles. The van der Waals surface area contributed by atoms with Crippen molar-refractivity contribution in [1.29, 1.82) is 0 Å². The van der Waals surface area contributed by atoms with Gasteiger partial charge in [0, 0.05) is 25.0 Å². The van der Waals surface area contributed by atoms with Gasteiger partial charge < -0.3 is 9.64 Å². The molecule has 7 heteroatoms. The fourth-order valence-electron chi connectivity index (χ4n) is 2.97. The number of carbonyl (C=O) groups is 2. The number of rotatable bonds is 7. The van der Waals surface area contributed by atoms with Gasteiger partial charge in [0.25, 0.3) is 5.91 Å². The molecule has 7 nitrogen and oxygen atoms in total. The summed E-state index contributed by atoms with van der Waals surface area (Å²) < 4.78 is 6.90. The predicted molar refractivity (Wildman–Crippen MR) is 109 cm³/mol. The summed E-state index contributed by atoms with van der Waals surface area (Å²) in [6, 6.07) is 15.0. The number of esters is 1. The number of aryl methyl sites for hydroxylation is 2. The van der Waals surface area contributed by atoms with Crippen LogP contribution in [0.2, 0.25) is 0 Å². The lowest BCUT2D eigenvalue weighted by molar-refractivity contribution is -0.134. The van der Waals surface area contributed by atoms with Crippen molar-refractivity contribution in [3.63, 3.8) is 0 Å². The molecule has 3 rings (SSSR count). The SMILES string of the molecule is CCN(Cc1ccccc1)C(=O)COC(=O)c1ccc(-n2nc(C)cc2C)nc1. The second-order valence-electron chi connectivity index (χ2n) is 6.71. The van der Waals surface area contributed by atoms with Crippen molar-refractivity contribution in [3.8, 4) is 5.82 Å². The minimum Gasteiger partial charge on any atom is -0.452 e. The minimum absolute atomic E-state index is 0.239. The molecule has 0 aliphatic heterocycles. The van der Waals surface area contributed by atoms with Crippen LogP contribution in [0.25, 0.3) is 5.82 Å². The van der Waals surface area contributed by atoms with Gasteiger partial charge in [0.1, 0.15) is 0 Å². The van der Waals surface area contributed by atoms with Gasteiger partial charge in [0.05, 0.1) is 11.3 Å². The Kier molecular flexibility index (Phi) is 6.39. The molecule has 0 atom stereocenters. The van der Waals surface area contributed by atoms with Crippen LogP contribution in [0.4, 0.5) is 0 Å². The number of nitrogens with zero attached hydrogens (tertiary/aromatic N) is 4. The minimum atomic E-state index is -0.582. The number of pyridine rings is 1. The van der Waals surface area contributed by atoms with E-state index in [-0.39, 0.29) is 18.1 Å². The molecule has 0 bridgehead atoms. The van der Waals surface area contributed by atoms with Gasteiger partial charge in [-0.05, 0) is 44.5 Å². The van der Waals surface area contributed by atoms with Crippen LogP contribution in [-0.4, -0.2) is 44.7 Å². The smallest absolute Gasteiger partial charge is 0.340 e. The summed E-state index contributed by atoms with van der Waals surface area (Å²) in [6.45, 7) is 6.44. The lowest BCUT2D eigenvalue weighted by Crippen LogP contribution is -2.34. The average molecular weight is 392 g/mol. The van der Waals surface area contributed by atoms with Gasteiger partial charge in [0.2, 0.25) is 0 Å². The van der Waals surface area contributed by atoms with Gasteiger partial charge in [-0.3, -0.25) is 4.79 Å². The highest BCUT2D eigenvalue weighted by atomic mass is 16.5. The molecule has 0 saturated heterocycles. The molecule has 2 aromatic heterocycles. The van der Waals surface area contributed by atoms with Crippen LogP contribution in [0, 0.1) is 13.8 Å². The van der Waals surface area contributed by atoms with Crippen molar-refractivity contribution in [2.45, 2.75) is 27.3 Å². The Morgan fingerprint density at radius 2 is 1.86 bits per heavy atom. The highest BCUT2D eigenvalue weighted by molar-refractivity contribution is 5.91. The summed E-state index contributed by atoms with van der Waals surface area (Å²) in [5.41, 5.74) is 3.16. The third-order valence-corrected chi connectivity index (χ3v) is 4.49. The van der Waals surface area contributed by atoms with Gasteiger partial charge in [-0.2, -0.15) is 5.10 Å². The molecule has 29 heavy (non-hydrogen) atoms. The highest BCUT2D eigenvalue weighted by Crippen LogP contribution is 2.11. The van der Waals surface area contributed by atoms with Crippen LogP contribution in [0.3, 0.4) is 0 Å². The van der Waals surface area contributed by atoms with Crippen molar-refractivity contribution in [2.24, 2.45) is 0 Å². The zero-order valence-corrected chi connectivity index (χ0v) is 16.8. The quantitative estimate of drug-likeness (QED) is 0.578. The molecule has 0 radical (unpaired) electrons. The molecule has 0 spiro atoms. The standard InChI is InChI=1S/C22H24N4O3/c1-4-25(14-18-8-6-5-7-9-18)21(27)15-29-22(28)19-10-11-20(23-13-19)26-17(3)12-16(2)24-26/h5-13H,4,14-15H2,1-3H3. The Morgan fingerprint density at radius 3 is 2.45 bits per heavy atom. The largest absolute Gasteiger partial charge is 0.452 e. The van der Waals surface area contributed by atoms with E-state index in [9.17, 15) is 9.59 Å². The Balaban J connectivity index is 1.58. The fourth-order valence-corrected chi connectivity index (χ4v) is 2.97. The second-order valence-corrected chi connectivity index (χ2v) is 6.71. The fraction of sp³-hybridized carbons (Fsp3) is 0.273. The van der Waals surface area contributed by atoms with Crippen LogP contribution in [0.1, 0.15) is 34.2 Å². The summed E-state index contributed by atoms with van der Waals surface area (Å²) in [5.74, 6) is -0.207. The molecular formula is C22H24N4O3. The molecule has 0 aliphatic rings. The van der Waals surface area contributed by atoms with Crippen molar-refractivity contribution in [1.82, 2.24) is 19.7 Å². The first kappa shape index (κ1) is 20.3. The maximum atomic E-state index is 12.4. The molecule has 0 unspecified atom stereocenters. The third kappa shape index (κ3) is 5.07. The molecular weight excluding hydrogens is 368 g/mol. The van der Waals surface area contributed by atoms with E-state index in [1.807, 2.05) is 57.2 Å². The molecule has 1 aromatic carbocycles. The van der Waals surface area contributed by atoms with Crippen LogP contribution < -0.4 is 0 Å². The van der Waals surface area contributed by atoms with Gasteiger partial charge in [-0.1, -0.05) is 30.3 Å². The van der Waals surface area contributed by atoms with E-state index in [4.69, 9.17) is 4.74 Å². The number of hydrogen-bond acceptors (Lipinski definition) is 5. The first-order valence-corrected chi connectivity index (χ1v) is 9.46. The second kappa shape index (κ2) is 9.14. The maximum Gasteiger partial charge on any atom is 0.340 e. The van der Waals surface area contributed by atoms with Crippen molar-refractivity contribution in [2.75, 3.05) is 13.2 Å². The monoisotopic (exact) mass is 392 g/mol. The summed E-state index contributed by atoms with van der Waals surface area (Å²) in [6.07, 6.45) is 1.43. The number of ether oxygens (including phenoxy) is 1. The van der Waals surface area contributed by atoms with Crippen LogP contribution in [-0.2, 0) is 16.1 Å². The highest BCUT2D eigenvalue weighted by Gasteiger charge is 2.16. The Labute approximate surface area is 169 Å². The van der Waals surface area contributed by atoms with Crippen LogP contribution >= 0.6 is 0 Å². The number of carbonyl (C=O) groups excluding carboxylic acids is 2. The Bertz CT molecular complexity index is 981. The van der Waals surface area contributed by atoms with Crippen molar-refractivity contribution < 1.29 is 14.3 Å². The molecule has 150 valence electrons. The number of hydrogen-bond donors (Lipinski definition) is 0. The molecule has 0 fully saturated rings. The van der Waals surface area contributed by atoms with E-state index in [2.05, 4.69) is 10.1 Å². The lowest BCUT2D eigenvalue weighted by Gasteiger charge is -2.20. The zero-order valence-electron chi connectivity index (χ0n) is 16.8. The first-order chi connectivity index (χ1) is 14.0. The van der Waals surface area contributed by atoms with E-state index in [0.29, 0.717) is 18.9 Å². The number of aromatic nitrogens is 3. The van der Waals surface area contributed by atoms with Crippen LogP contribution in [0.15, 0.2) is 54.7 Å². The topological polar surface area (TPSA) is 77.3 Å². The first-order valence-electron chi connectivity index (χ1n) is 9.46.